The Labute approximate surface area is 141 Å². The van der Waals surface area contributed by atoms with Crippen LogP contribution in [-0.4, -0.2) is 10.8 Å². The van der Waals surface area contributed by atoms with Crippen molar-refractivity contribution >= 4 is 5.78 Å². The number of Topliss-reactive ketones (excluding diaryl/α,β-unsaturated/α-hetero) is 1. The van der Waals surface area contributed by atoms with Crippen LogP contribution in [0.4, 0.5) is 0 Å². The van der Waals surface area contributed by atoms with Gasteiger partial charge in [0.15, 0.2) is 11.7 Å². The predicted octanol–water partition coefficient (Wildman–Crippen LogP) is 4.92. The molecular formula is C21H19NO2. The third-order valence-corrected chi connectivity index (χ3v) is 4.37. The Bertz CT molecular complexity index is 776. The molecule has 3 aromatic rings. The number of rotatable bonds is 6. The molecule has 120 valence electrons. The molecule has 0 amide bonds. The van der Waals surface area contributed by atoms with Crippen molar-refractivity contribution in [2.24, 2.45) is 5.92 Å². The highest BCUT2D eigenvalue weighted by Gasteiger charge is 2.29. The molecule has 0 saturated heterocycles. The molecule has 4 rings (SSSR count). The second-order valence-corrected chi connectivity index (χ2v) is 6.26. The van der Waals surface area contributed by atoms with E-state index in [0.717, 1.165) is 35.4 Å². The van der Waals surface area contributed by atoms with Gasteiger partial charge in [-0.05, 0) is 12.8 Å². The van der Waals surface area contributed by atoms with Gasteiger partial charge in [0.25, 0.3) is 0 Å². The molecule has 3 nitrogen and oxygen atoms in total. The molecule has 0 N–H and O–H groups in total. The summed E-state index contributed by atoms with van der Waals surface area (Å²) in [4.78, 5) is 16.6. The zero-order valence-corrected chi connectivity index (χ0v) is 13.4. The van der Waals surface area contributed by atoms with Crippen molar-refractivity contribution in [2.45, 2.75) is 25.7 Å². The van der Waals surface area contributed by atoms with Crippen molar-refractivity contribution in [3.8, 4) is 22.6 Å². The van der Waals surface area contributed by atoms with Crippen LogP contribution in [0.5, 0.6) is 0 Å². The van der Waals surface area contributed by atoms with Crippen LogP contribution < -0.4 is 0 Å². The van der Waals surface area contributed by atoms with E-state index in [1.165, 1.54) is 0 Å². The number of aromatic nitrogens is 1. The molecule has 1 saturated carbocycles. The number of oxazole rings is 1. The lowest BCUT2D eigenvalue weighted by Crippen LogP contribution is -2.02. The number of hydrogen-bond donors (Lipinski definition) is 0. The third kappa shape index (κ3) is 3.16. The summed E-state index contributed by atoms with van der Waals surface area (Å²) >= 11 is 0. The highest BCUT2D eigenvalue weighted by Crippen LogP contribution is 2.34. The number of carbonyl (C=O) groups is 1. The maximum absolute atomic E-state index is 11.9. The van der Waals surface area contributed by atoms with E-state index < -0.39 is 0 Å². The minimum atomic E-state index is 0.294. The van der Waals surface area contributed by atoms with Crippen LogP contribution in [0.1, 0.15) is 25.2 Å². The van der Waals surface area contributed by atoms with Crippen molar-refractivity contribution in [3.63, 3.8) is 0 Å². The summed E-state index contributed by atoms with van der Waals surface area (Å²) in [5, 5.41) is 0. The van der Waals surface area contributed by atoms with Crippen molar-refractivity contribution in [1.29, 1.82) is 0 Å². The fraction of sp³-hybridized carbons (Fsp3) is 0.238. The largest absolute Gasteiger partial charge is 0.440 e. The highest BCUT2D eigenvalue weighted by atomic mass is 16.4. The van der Waals surface area contributed by atoms with Crippen LogP contribution in [0.25, 0.3) is 22.6 Å². The van der Waals surface area contributed by atoms with Crippen LogP contribution in [0.15, 0.2) is 65.1 Å². The van der Waals surface area contributed by atoms with E-state index >= 15 is 0 Å². The number of nitrogens with zero attached hydrogens (tertiary/aromatic N) is 1. The van der Waals surface area contributed by atoms with Crippen LogP contribution in [0, 0.1) is 5.92 Å². The molecule has 0 unspecified atom stereocenters. The van der Waals surface area contributed by atoms with Gasteiger partial charge >= 0.3 is 0 Å². The molecule has 0 bridgehead atoms. The standard InChI is InChI=1S/C21H19NO2/c23-18(15-11-12-15)13-14-19-22-20(16-7-3-1-4-8-16)21(24-19)17-9-5-2-6-10-17/h1-10,15H,11-14H2. The first kappa shape index (κ1) is 14.9. The first-order valence-corrected chi connectivity index (χ1v) is 8.44. The van der Waals surface area contributed by atoms with Gasteiger partial charge in [-0.15, -0.1) is 0 Å². The number of carbonyl (C=O) groups excluding carboxylic acids is 1. The number of hydrogen-bond acceptors (Lipinski definition) is 3. The van der Waals surface area contributed by atoms with Gasteiger partial charge in [-0.1, -0.05) is 60.7 Å². The quantitative estimate of drug-likeness (QED) is 0.648. The molecular weight excluding hydrogens is 298 g/mol. The van der Waals surface area contributed by atoms with Gasteiger partial charge < -0.3 is 4.42 Å². The van der Waals surface area contributed by atoms with Crippen molar-refractivity contribution in [2.75, 3.05) is 0 Å². The Hall–Kier alpha value is -2.68. The van der Waals surface area contributed by atoms with E-state index in [9.17, 15) is 4.79 Å². The first-order valence-electron chi connectivity index (χ1n) is 8.44. The topological polar surface area (TPSA) is 43.1 Å². The van der Waals surface area contributed by atoms with E-state index in [2.05, 4.69) is 4.98 Å². The molecule has 0 radical (unpaired) electrons. The monoisotopic (exact) mass is 317 g/mol. The molecule has 1 heterocycles. The lowest BCUT2D eigenvalue weighted by molar-refractivity contribution is -0.120. The summed E-state index contributed by atoms with van der Waals surface area (Å²) in [7, 11) is 0. The van der Waals surface area contributed by atoms with Crippen LogP contribution in [0.3, 0.4) is 0 Å². The average Bonchev–Trinajstić information content (AvgIpc) is 3.41. The summed E-state index contributed by atoms with van der Waals surface area (Å²) in [6.45, 7) is 0. The lowest BCUT2D eigenvalue weighted by atomic mass is 10.1. The molecule has 0 aliphatic heterocycles. The van der Waals surface area contributed by atoms with Crippen molar-refractivity contribution in [1.82, 2.24) is 4.98 Å². The normalized spacial score (nSPS) is 13.8. The molecule has 1 aromatic heterocycles. The van der Waals surface area contributed by atoms with Gasteiger partial charge in [-0.25, -0.2) is 4.98 Å². The fourth-order valence-electron chi connectivity index (χ4n) is 2.89. The van der Waals surface area contributed by atoms with Gasteiger partial charge in [-0.2, -0.15) is 0 Å². The van der Waals surface area contributed by atoms with Crippen molar-refractivity contribution in [3.05, 3.63) is 66.6 Å². The second kappa shape index (κ2) is 6.44. The summed E-state index contributed by atoms with van der Waals surface area (Å²) in [6, 6.07) is 20.0. The number of benzene rings is 2. The summed E-state index contributed by atoms with van der Waals surface area (Å²) < 4.78 is 6.04. The van der Waals surface area contributed by atoms with Crippen molar-refractivity contribution < 1.29 is 9.21 Å². The van der Waals surface area contributed by atoms with Gasteiger partial charge in [0.1, 0.15) is 11.5 Å². The maximum atomic E-state index is 11.9. The van der Waals surface area contributed by atoms with Crippen LogP contribution in [0.2, 0.25) is 0 Å². The first-order chi connectivity index (χ1) is 11.8. The molecule has 0 spiro atoms. The highest BCUT2D eigenvalue weighted by molar-refractivity contribution is 5.83. The van der Waals surface area contributed by atoms with E-state index in [0.29, 0.717) is 30.4 Å². The lowest BCUT2D eigenvalue weighted by Gasteiger charge is -2.00. The Kier molecular flexibility index (Phi) is 3.99. The smallest absolute Gasteiger partial charge is 0.195 e. The maximum Gasteiger partial charge on any atom is 0.195 e. The van der Waals surface area contributed by atoms with Crippen LogP contribution >= 0.6 is 0 Å². The average molecular weight is 317 g/mol. The Balaban J connectivity index is 1.66. The Morgan fingerprint density at radius 1 is 0.958 bits per heavy atom. The van der Waals surface area contributed by atoms with Gasteiger partial charge in [-0.3, -0.25) is 4.79 Å². The molecule has 2 aromatic carbocycles. The minimum Gasteiger partial charge on any atom is -0.440 e. The minimum absolute atomic E-state index is 0.294. The Morgan fingerprint density at radius 2 is 1.58 bits per heavy atom. The van der Waals surface area contributed by atoms with Crippen LogP contribution in [-0.2, 0) is 11.2 Å². The summed E-state index contributed by atoms with van der Waals surface area (Å²) in [5.74, 6) is 2.05. The van der Waals surface area contributed by atoms with E-state index in [1.54, 1.807) is 0 Å². The van der Waals surface area contributed by atoms with Gasteiger partial charge in [0.2, 0.25) is 0 Å². The molecule has 1 aliphatic rings. The van der Waals surface area contributed by atoms with E-state index in [-0.39, 0.29) is 0 Å². The third-order valence-electron chi connectivity index (χ3n) is 4.37. The van der Waals surface area contributed by atoms with Gasteiger partial charge in [0.05, 0.1) is 0 Å². The predicted molar refractivity (Wildman–Crippen MR) is 93.4 cm³/mol. The number of aryl methyl sites for hydroxylation is 1. The summed E-state index contributed by atoms with van der Waals surface area (Å²) in [5.41, 5.74) is 2.87. The molecule has 3 heteroatoms. The van der Waals surface area contributed by atoms with E-state index in [4.69, 9.17) is 4.42 Å². The molecule has 24 heavy (non-hydrogen) atoms. The van der Waals surface area contributed by atoms with Gasteiger partial charge in [0, 0.05) is 29.9 Å². The molecule has 1 aliphatic carbocycles. The zero-order valence-electron chi connectivity index (χ0n) is 13.4. The molecule has 1 fully saturated rings. The summed E-state index contributed by atoms with van der Waals surface area (Å²) in [6.07, 6.45) is 3.19. The number of ketones is 1. The second-order valence-electron chi connectivity index (χ2n) is 6.26. The van der Waals surface area contributed by atoms with E-state index in [1.807, 2.05) is 60.7 Å². The zero-order chi connectivity index (χ0) is 16.4. The Morgan fingerprint density at radius 3 is 2.21 bits per heavy atom. The SMILES string of the molecule is O=C(CCc1nc(-c2ccccc2)c(-c2ccccc2)o1)C1CC1. The fourth-order valence-corrected chi connectivity index (χ4v) is 2.89. The molecule has 0 atom stereocenters.